The zero-order valence-corrected chi connectivity index (χ0v) is 13.8. The highest BCUT2D eigenvalue weighted by Gasteiger charge is 2.07. The van der Waals surface area contributed by atoms with Crippen molar-refractivity contribution in [1.29, 1.82) is 0 Å². The Labute approximate surface area is 140 Å². The molecule has 0 aliphatic carbocycles. The summed E-state index contributed by atoms with van der Waals surface area (Å²) < 4.78 is 10.6. The molecule has 0 heterocycles. The van der Waals surface area contributed by atoms with Crippen molar-refractivity contribution in [2.75, 3.05) is 14.2 Å². The van der Waals surface area contributed by atoms with Gasteiger partial charge in [0.05, 0.1) is 19.8 Å². The zero-order valence-electron chi connectivity index (χ0n) is 13.0. The summed E-state index contributed by atoms with van der Waals surface area (Å²) in [6, 6.07) is 12.8. The zero-order chi connectivity index (χ0) is 16.7. The summed E-state index contributed by atoms with van der Waals surface area (Å²) in [5.74, 6) is 1.09. The van der Waals surface area contributed by atoms with Gasteiger partial charge in [-0.25, -0.2) is 0 Å². The van der Waals surface area contributed by atoms with Crippen molar-refractivity contribution in [3.63, 3.8) is 0 Å². The van der Waals surface area contributed by atoms with E-state index in [1.807, 2.05) is 30.3 Å². The second-order valence-electron chi connectivity index (χ2n) is 4.75. The minimum Gasteiger partial charge on any atom is -0.496 e. The van der Waals surface area contributed by atoms with Gasteiger partial charge in [-0.05, 0) is 35.9 Å². The fourth-order valence-electron chi connectivity index (χ4n) is 2.05. The lowest BCUT2D eigenvalue weighted by molar-refractivity contribution is -0.116. The summed E-state index contributed by atoms with van der Waals surface area (Å²) in [5.41, 5.74) is 1.70. The van der Waals surface area contributed by atoms with Crippen LogP contribution >= 0.6 is 11.6 Å². The summed E-state index contributed by atoms with van der Waals surface area (Å²) in [5, 5.41) is 3.48. The molecule has 1 N–H and O–H groups in total. The van der Waals surface area contributed by atoms with E-state index < -0.39 is 0 Å². The third-order valence-corrected chi connectivity index (χ3v) is 3.50. The van der Waals surface area contributed by atoms with Crippen molar-refractivity contribution < 1.29 is 14.3 Å². The van der Waals surface area contributed by atoms with Crippen molar-refractivity contribution in [2.24, 2.45) is 0 Å². The van der Waals surface area contributed by atoms with Crippen molar-refractivity contribution in [3.8, 4) is 11.5 Å². The molecule has 2 aromatic rings. The average molecular weight is 332 g/mol. The quantitative estimate of drug-likeness (QED) is 0.821. The summed E-state index contributed by atoms with van der Waals surface area (Å²) >= 11 is 5.83. The molecule has 5 heteroatoms. The second kappa shape index (κ2) is 8.25. The third kappa shape index (κ3) is 4.76. The van der Waals surface area contributed by atoms with Crippen molar-refractivity contribution in [2.45, 2.75) is 6.54 Å². The predicted molar refractivity (Wildman–Crippen MR) is 91.9 cm³/mol. The lowest BCUT2D eigenvalue weighted by Gasteiger charge is -2.09. The first-order valence-electron chi connectivity index (χ1n) is 7.05. The Morgan fingerprint density at radius 1 is 1.09 bits per heavy atom. The summed E-state index contributed by atoms with van der Waals surface area (Å²) in [6.07, 6.45) is 3.13. The monoisotopic (exact) mass is 331 g/mol. The number of amides is 1. The minimum atomic E-state index is -0.201. The lowest BCUT2D eigenvalue weighted by Crippen LogP contribution is -2.20. The Morgan fingerprint density at radius 3 is 2.26 bits per heavy atom. The number of carbonyl (C=O) groups is 1. The predicted octanol–water partition coefficient (Wildman–Crippen LogP) is 3.69. The van der Waals surface area contributed by atoms with Crippen molar-refractivity contribution >= 4 is 23.6 Å². The van der Waals surface area contributed by atoms with Gasteiger partial charge in [0.2, 0.25) is 5.91 Å². The van der Waals surface area contributed by atoms with Gasteiger partial charge in [0.15, 0.2) is 0 Å². The smallest absolute Gasteiger partial charge is 0.244 e. The van der Waals surface area contributed by atoms with Gasteiger partial charge in [-0.2, -0.15) is 0 Å². The fraction of sp³-hybridized carbons (Fsp3) is 0.167. The van der Waals surface area contributed by atoms with Crippen LogP contribution in [0.2, 0.25) is 5.02 Å². The SMILES string of the molecule is COc1cccc(OC)c1/C=C/C(=O)NCc1ccc(Cl)cc1. The molecule has 0 saturated heterocycles. The van der Waals surface area contributed by atoms with Gasteiger partial charge in [-0.15, -0.1) is 0 Å². The molecule has 23 heavy (non-hydrogen) atoms. The maximum Gasteiger partial charge on any atom is 0.244 e. The molecule has 0 saturated carbocycles. The van der Waals surface area contributed by atoms with Crippen LogP contribution in [-0.2, 0) is 11.3 Å². The molecule has 0 bridgehead atoms. The van der Waals surface area contributed by atoms with E-state index in [2.05, 4.69) is 5.32 Å². The molecular weight excluding hydrogens is 314 g/mol. The maximum absolute atomic E-state index is 12.0. The molecule has 0 atom stereocenters. The number of hydrogen-bond donors (Lipinski definition) is 1. The van der Waals surface area contributed by atoms with Gasteiger partial charge in [-0.1, -0.05) is 29.8 Å². The topological polar surface area (TPSA) is 47.6 Å². The van der Waals surface area contributed by atoms with Gasteiger partial charge in [-0.3, -0.25) is 4.79 Å². The molecule has 0 spiro atoms. The van der Waals surface area contributed by atoms with E-state index in [4.69, 9.17) is 21.1 Å². The van der Waals surface area contributed by atoms with Crippen LogP contribution in [0.4, 0.5) is 0 Å². The van der Waals surface area contributed by atoms with E-state index >= 15 is 0 Å². The Balaban J connectivity index is 2.02. The molecule has 120 valence electrons. The van der Waals surface area contributed by atoms with Crippen LogP contribution in [0, 0.1) is 0 Å². The minimum absolute atomic E-state index is 0.201. The number of halogens is 1. The van der Waals surface area contributed by atoms with Crippen LogP contribution in [0.5, 0.6) is 11.5 Å². The third-order valence-electron chi connectivity index (χ3n) is 3.25. The van der Waals surface area contributed by atoms with E-state index in [1.54, 1.807) is 32.4 Å². The number of methoxy groups -OCH3 is 2. The molecule has 0 fully saturated rings. The first-order chi connectivity index (χ1) is 11.1. The van der Waals surface area contributed by atoms with Crippen LogP contribution in [0.3, 0.4) is 0 Å². The fourth-order valence-corrected chi connectivity index (χ4v) is 2.18. The Morgan fingerprint density at radius 2 is 1.70 bits per heavy atom. The number of carbonyl (C=O) groups excluding carboxylic acids is 1. The molecule has 2 aromatic carbocycles. The standard InChI is InChI=1S/C18H18ClNO3/c1-22-16-4-3-5-17(23-2)15(16)10-11-18(21)20-12-13-6-8-14(19)9-7-13/h3-11H,12H2,1-2H3,(H,20,21)/b11-10+. The van der Waals surface area contributed by atoms with E-state index in [9.17, 15) is 4.79 Å². The number of ether oxygens (including phenoxy) is 2. The summed E-state index contributed by atoms with van der Waals surface area (Å²) in [4.78, 5) is 12.0. The Hall–Kier alpha value is -2.46. The Kier molecular flexibility index (Phi) is 6.06. The molecule has 0 aromatic heterocycles. The average Bonchev–Trinajstić information content (AvgIpc) is 2.59. The molecule has 1 amide bonds. The Bertz CT molecular complexity index is 674. The lowest BCUT2D eigenvalue weighted by atomic mass is 10.1. The second-order valence-corrected chi connectivity index (χ2v) is 5.19. The number of nitrogens with one attached hydrogen (secondary N) is 1. The van der Waals surface area contributed by atoms with Gasteiger partial charge < -0.3 is 14.8 Å². The largest absolute Gasteiger partial charge is 0.496 e. The van der Waals surface area contributed by atoms with Gasteiger partial charge in [0, 0.05) is 17.6 Å². The molecule has 4 nitrogen and oxygen atoms in total. The van der Waals surface area contributed by atoms with Crippen LogP contribution in [0.1, 0.15) is 11.1 Å². The van der Waals surface area contributed by atoms with Crippen LogP contribution in [0.15, 0.2) is 48.5 Å². The van der Waals surface area contributed by atoms with E-state index in [-0.39, 0.29) is 5.91 Å². The van der Waals surface area contributed by atoms with Crippen LogP contribution < -0.4 is 14.8 Å². The normalized spacial score (nSPS) is 10.6. The highest BCUT2D eigenvalue weighted by atomic mass is 35.5. The first kappa shape index (κ1) is 16.9. The molecule has 2 rings (SSSR count). The molecule has 0 aliphatic heterocycles. The van der Waals surface area contributed by atoms with Crippen molar-refractivity contribution in [3.05, 3.63) is 64.7 Å². The number of hydrogen-bond acceptors (Lipinski definition) is 3. The molecular formula is C18H18ClNO3. The van der Waals surface area contributed by atoms with E-state index in [0.717, 1.165) is 11.1 Å². The number of rotatable bonds is 6. The van der Waals surface area contributed by atoms with Crippen molar-refractivity contribution in [1.82, 2.24) is 5.32 Å². The maximum atomic E-state index is 12.0. The highest BCUT2D eigenvalue weighted by Crippen LogP contribution is 2.29. The molecule has 0 radical (unpaired) electrons. The molecule has 0 unspecified atom stereocenters. The number of benzene rings is 2. The highest BCUT2D eigenvalue weighted by molar-refractivity contribution is 6.30. The van der Waals surface area contributed by atoms with Crippen LogP contribution in [-0.4, -0.2) is 20.1 Å². The summed E-state index contributed by atoms with van der Waals surface area (Å²) in [6.45, 7) is 0.434. The molecule has 0 aliphatic rings. The van der Waals surface area contributed by atoms with E-state index in [1.165, 1.54) is 6.08 Å². The van der Waals surface area contributed by atoms with Crippen LogP contribution in [0.25, 0.3) is 6.08 Å². The van der Waals surface area contributed by atoms with E-state index in [0.29, 0.717) is 23.1 Å². The van der Waals surface area contributed by atoms with Gasteiger partial charge in [0.1, 0.15) is 11.5 Å². The first-order valence-corrected chi connectivity index (χ1v) is 7.43. The van der Waals surface area contributed by atoms with Gasteiger partial charge in [0.25, 0.3) is 0 Å². The van der Waals surface area contributed by atoms with Gasteiger partial charge >= 0.3 is 0 Å². The summed E-state index contributed by atoms with van der Waals surface area (Å²) in [7, 11) is 3.15.